The second kappa shape index (κ2) is 6.74. The van der Waals surface area contributed by atoms with Gasteiger partial charge in [-0.3, -0.25) is 9.59 Å². The molecule has 5 nitrogen and oxygen atoms in total. The van der Waals surface area contributed by atoms with Crippen LogP contribution < -0.4 is 11.1 Å². The van der Waals surface area contributed by atoms with Gasteiger partial charge in [-0.15, -0.1) is 0 Å². The third-order valence-corrected chi connectivity index (χ3v) is 4.16. The summed E-state index contributed by atoms with van der Waals surface area (Å²) in [6.45, 7) is 2.22. The van der Waals surface area contributed by atoms with Crippen LogP contribution in [0.1, 0.15) is 35.7 Å². The van der Waals surface area contributed by atoms with Gasteiger partial charge in [-0.2, -0.15) is 0 Å². The number of amides is 2. The highest BCUT2D eigenvalue weighted by atomic mass is 16.2. The first-order chi connectivity index (χ1) is 11.5. The largest absolute Gasteiger partial charge is 0.398 e. The topological polar surface area (TPSA) is 75.4 Å². The molecule has 3 rings (SSSR count). The lowest BCUT2D eigenvalue weighted by Gasteiger charge is -2.20. The van der Waals surface area contributed by atoms with Crippen LogP contribution in [-0.2, 0) is 11.3 Å². The van der Waals surface area contributed by atoms with Crippen LogP contribution in [0.2, 0.25) is 0 Å². The van der Waals surface area contributed by atoms with Gasteiger partial charge in [0.15, 0.2) is 0 Å². The van der Waals surface area contributed by atoms with Crippen molar-refractivity contribution in [2.45, 2.75) is 32.4 Å². The standard InChI is InChI=1S/C19H21N3O2/c1-13(23)22(16-10-11-16)12-14-6-8-15(9-7-14)21-19(24)17-4-2-3-5-18(17)20/h2-9,16H,10-12,20H2,1H3,(H,21,24). The zero-order chi connectivity index (χ0) is 17.1. The number of benzene rings is 2. The van der Waals surface area contributed by atoms with Gasteiger partial charge >= 0.3 is 0 Å². The number of nitrogen functional groups attached to an aromatic ring is 1. The smallest absolute Gasteiger partial charge is 0.257 e. The summed E-state index contributed by atoms with van der Waals surface area (Å²) < 4.78 is 0. The maximum absolute atomic E-state index is 12.2. The Morgan fingerprint density at radius 1 is 1.12 bits per heavy atom. The predicted molar refractivity (Wildman–Crippen MR) is 94.5 cm³/mol. The van der Waals surface area contributed by atoms with Gasteiger partial charge in [0.25, 0.3) is 5.91 Å². The normalized spacial score (nSPS) is 13.4. The van der Waals surface area contributed by atoms with Gasteiger partial charge in [0, 0.05) is 30.9 Å². The second-order valence-corrected chi connectivity index (χ2v) is 6.12. The highest BCUT2D eigenvalue weighted by Gasteiger charge is 2.30. The monoisotopic (exact) mass is 323 g/mol. The third-order valence-electron chi connectivity index (χ3n) is 4.16. The molecule has 0 heterocycles. The molecule has 0 spiro atoms. The van der Waals surface area contributed by atoms with Gasteiger partial charge in [0.1, 0.15) is 0 Å². The van der Waals surface area contributed by atoms with Crippen LogP contribution in [0.4, 0.5) is 11.4 Å². The molecule has 0 aromatic heterocycles. The number of carbonyl (C=O) groups excluding carboxylic acids is 2. The van der Waals surface area contributed by atoms with E-state index in [0.29, 0.717) is 29.5 Å². The zero-order valence-corrected chi connectivity index (χ0v) is 13.7. The van der Waals surface area contributed by atoms with Gasteiger partial charge in [-0.05, 0) is 42.7 Å². The number of nitrogens with two attached hydrogens (primary N) is 1. The van der Waals surface area contributed by atoms with Crippen molar-refractivity contribution in [1.29, 1.82) is 0 Å². The summed E-state index contributed by atoms with van der Waals surface area (Å²) in [7, 11) is 0. The predicted octanol–water partition coefficient (Wildman–Crippen LogP) is 3.03. The van der Waals surface area contributed by atoms with E-state index in [1.54, 1.807) is 31.2 Å². The zero-order valence-electron chi connectivity index (χ0n) is 13.7. The minimum Gasteiger partial charge on any atom is -0.398 e. The molecule has 1 aliphatic carbocycles. The summed E-state index contributed by atoms with van der Waals surface area (Å²) in [5, 5.41) is 2.84. The number of para-hydroxylation sites is 1. The van der Waals surface area contributed by atoms with Crippen molar-refractivity contribution in [1.82, 2.24) is 4.90 Å². The molecular formula is C19H21N3O2. The second-order valence-electron chi connectivity index (χ2n) is 6.12. The molecule has 24 heavy (non-hydrogen) atoms. The number of rotatable bonds is 5. The van der Waals surface area contributed by atoms with Gasteiger partial charge in [0.05, 0.1) is 5.56 Å². The summed E-state index contributed by atoms with van der Waals surface area (Å²) in [5.41, 5.74) is 8.48. The molecule has 1 saturated carbocycles. The van der Waals surface area contributed by atoms with Crippen LogP contribution in [0.15, 0.2) is 48.5 Å². The van der Waals surface area contributed by atoms with E-state index < -0.39 is 0 Å². The Morgan fingerprint density at radius 3 is 2.38 bits per heavy atom. The quantitative estimate of drug-likeness (QED) is 0.831. The lowest BCUT2D eigenvalue weighted by molar-refractivity contribution is -0.130. The van der Waals surface area contributed by atoms with Crippen molar-refractivity contribution >= 4 is 23.2 Å². The fraction of sp³-hybridized carbons (Fsp3) is 0.263. The minimum absolute atomic E-state index is 0.106. The number of anilines is 2. The summed E-state index contributed by atoms with van der Waals surface area (Å²) >= 11 is 0. The van der Waals surface area contributed by atoms with E-state index >= 15 is 0 Å². The van der Waals surface area contributed by atoms with Crippen molar-refractivity contribution in [2.24, 2.45) is 0 Å². The Bertz CT molecular complexity index is 751. The van der Waals surface area contributed by atoms with Crippen molar-refractivity contribution in [3.8, 4) is 0 Å². The first-order valence-corrected chi connectivity index (χ1v) is 8.06. The summed E-state index contributed by atoms with van der Waals surface area (Å²) in [5.74, 6) is -0.126. The van der Waals surface area contributed by atoms with Gasteiger partial charge in [-0.25, -0.2) is 0 Å². The van der Waals surface area contributed by atoms with Crippen molar-refractivity contribution in [2.75, 3.05) is 11.1 Å². The Labute approximate surface area is 141 Å². The molecule has 0 atom stereocenters. The van der Waals surface area contributed by atoms with E-state index in [-0.39, 0.29) is 11.8 Å². The van der Waals surface area contributed by atoms with Crippen LogP contribution in [-0.4, -0.2) is 22.8 Å². The van der Waals surface area contributed by atoms with Crippen LogP contribution in [0.3, 0.4) is 0 Å². The molecule has 0 radical (unpaired) electrons. The molecule has 0 aliphatic heterocycles. The summed E-state index contributed by atoms with van der Waals surface area (Å²) in [6.07, 6.45) is 2.18. The number of carbonyl (C=O) groups is 2. The Hall–Kier alpha value is -2.82. The van der Waals surface area contributed by atoms with E-state index in [9.17, 15) is 9.59 Å². The van der Waals surface area contributed by atoms with E-state index in [4.69, 9.17) is 5.73 Å². The molecule has 3 N–H and O–H groups in total. The Balaban J connectivity index is 1.65. The average Bonchev–Trinajstić information content (AvgIpc) is 3.39. The number of hydrogen-bond donors (Lipinski definition) is 2. The molecule has 0 saturated heterocycles. The summed E-state index contributed by atoms with van der Waals surface area (Å²) in [6, 6.07) is 14.9. The molecule has 2 amide bonds. The van der Waals surface area contributed by atoms with Crippen molar-refractivity contribution < 1.29 is 9.59 Å². The van der Waals surface area contributed by atoms with Gasteiger partial charge < -0.3 is 16.0 Å². The van der Waals surface area contributed by atoms with E-state index in [1.165, 1.54) is 0 Å². The molecular weight excluding hydrogens is 302 g/mol. The highest BCUT2D eigenvalue weighted by molar-refractivity contribution is 6.07. The molecule has 2 aromatic carbocycles. The molecule has 124 valence electrons. The first-order valence-electron chi connectivity index (χ1n) is 8.06. The van der Waals surface area contributed by atoms with E-state index in [2.05, 4.69) is 5.32 Å². The van der Waals surface area contributed by atoms with Gasteiger partial charge in [-0.1, -0.05) is 24.3 Å². The Morgan fingerprint density at radius 2 is 1.79 bits per heavy atom. The van der Waals surface area contributed by atoms with Crippen LogP contribution in [0.25, 0.3) is 0 Å². The lowest BCUT2D eigenvalue weighted by atomic mass is 10.1. The fourth-order valence-corrected chi connectivity index (χ4v) is 2.68. The van der Waals surface area contributed by atoms with Crippen LogP contribution in [0.5, 0.6) is 0 Å². The minimum atomic E-state index is -0.232. The molecule has 0 bridgehead atoms. The summed E-state index contributed by atoms with van der Waals surface area (Å²) in [4.78, 5) is 25.8. The first kappa shape index (κ1) is 16.1. The van der Waals surface area contributed by atoms with Crippen LogP contribution in [0, 0.1) is 0 Å². The average molecular weight is 323 g/mol. The fourth-order valence-electron chi connectivity index (χ4n) is 2.68. The Kier molecular flexibility index (Phi) is 4.51. The van der Waals surface area contributed by atoms with Gasteiger partial charge in [0.2, 0.25) is 5.91 Å². The lowest BCUT2D eigenvalue weighted by Crippen LogP contribution is -2.30. The highest BCUT2D eigenvalue weighted by Crippen LogP contribution is 2.28. The number of nitrogens with zero attached hydrogens (tertiary/aromatic N) is 1. The SMILES string of the molecule is CC(=O)N(Cc1ccc(NC(=O)c2ccccc2N)cc1)C1CC1. The molecule has 0 unspecified atom stereocenters. The van der Waals surface area contributed by atoms with E-state index in [1.807, 2.05) is 29.2 Å². The third kappa shape index (κ3) is 3.74. The number of nitrogens with one attached hydrogen (secondary N) is 1. The number of hydrogen-bond acceptors (Lipinski definition) is 3. The molecule has 5 heteroatoms. The molecule has 1 fully saturated rings. The maximum Gasteiger partial charge on any atom is 0.257 e. The van der Waals surface area contributed by atoms with E-state index in [0.717, 1.165) is 18.4 Å². The van der Waals surface area contributed by atoms with Crippen molar-refractivity contribution in [3.63, 3.8) is 0 Å². The van der Waals surface area contributed by atoms with Crippen LogP contribution >= 0.6 is 0 Å². The molecule has 2 aromatic rings. The maximum atomic E-state index is 12.2. The molecule has 1 aliphatic rings. The van der Waals surface area contributed by atoms with Crippen molar-refractivity contribution in [3.05, 3.63) is 59.7 Å².